The van der Waals surface area contributed by atoms with E-state index in [1.807, 2.05) is 48.5 Å². The molecule has 0 saturated heterocycles. The first-order valence-corrected chi connectivity index (χ1v) is 12.1. The molecular formula is C28H35N5O2. The Morgan fingerprint density at radius 2 is 1.60 bits per heavy atom. The van der Waals surface area contributed by atoms with Crippen LogP contribution in [0, 0.1) is 23.2 Å². The number of benzene rings is 2. The monoisotopic (exact) mass is 473 g/mol. The summed E-state index contributed by atoms with van der Waals surface area (Å²) in [5.74, 6) is 0.753. The summed E-state index contributed by atoms with van der Waals surface area (Å²) >= 11 is 0. The molecule has 0 saturated carbocycles. The Bertz CT molecular complexity index is 1160. The van der Waals surface area contributed by atoms with Crippen molar-refractivity contribution in [3.05, 3.63) is 59.8 Å². The predicted octanol–water partition coefficient (Wildman–Crippen LogP) is 4.72. The van der Waals surface area contributed by atoms with Crippen LogP contribution in [0.15, 0.2) is 48.5 Å². The molecule has 1 aromatic heterocycles. The zero-order valence-corrected chi connectivity index (χ0v) is 21.3. The molecule has 1 amide bonds. The highest BCUT2D eigenvalue weighted by Crippen LogP contribution is 2.28. The third kappa shape index (κ3) is 6.92. The highest BCUT2D eigenvalue weighted by Gasteiger charge is 2.29. The van der Waals surface area contributed by atoms with Crippen LogP contribution >= 0.6 is 0 Å². The number of methoxy groups -OCH3 is 1. The van der Waals surface area contributed by atoms with Crippen molar-refractivity contribution in [3.8, 4) is 11.8 Å². The van der Waals surface area contributed by atoms with Crippen molar-refractivity contribution in [1.29, 1.82) is 5.26 Å². The molecule has 1 heterocycles. The molecule has 3 aromatic rings. The minimum absolute atomic E-state index is 0.360. The first-order valence-electron chi connectivity index (χ1n) is 12.1. The van der Waals surface area contributed by atoms with Gasteiger partial charge in [-0.1, -0.05) is 52.0 Å². The molecule has 35 heavy (non-hydrogen) atoms. The first kappa shape index (κ1) is 26.0. The van der Waals surface area contributed by atoms with Crippen molar-refractivity contribution < 1.29 is 9.53 Å². The van der Waals surface area contributed by atoms with Gasteiger partial charge in [-0.3, -0.25) is 4.79 Å². The second-order valence-electron chi connectivity index (χ2n) is 9.57. The van der Waals surface area contributed by atoms with Gasteiger partial charge < -0.3 is 15.0 Å². The number of rotatable bonds is 11. The molecule has 0 aliphatic heterocycles. The van der Waals surface area contributed by atoms with E-state index in [0.717, 1.165) is 29.9 Å². The number of carbonyl (C=O) groups excluding carboxylic acids is 1. The van der Waals surface area contributed by atoms with Crippen LogP contribution in [0.5, 0.6) is 5.75 Å². The molecular weight excluding hydrogens is 438 g/mol. The average Bonchev–Trinajstić information content (AvgIpc) is 2.83. The number of nitriles is 1. The highest BCUT2D eigenvalue weighted by atomic mass is 16.5. The number of nitrogens with zero attached hydrogens (tertiary/aromatic N) is 4. The van der Waals surface area contributed by atoms with Gasteiger partial charge in [0, 0.05) is 19.6 Å². The number of ether oxygens (including phenoxy) is 1. The van der Waals surface area contributed by atoms with Gasteiger partial charge in [-0.2, -0.15) is 5.26 Å². The van der Waals surface area contributed by atoms with Crippen LogP contribution in [-0.2, 0) is 11.2 Å². The molecule has 1 unspecified atom stereocenters. The molecule has 7 nitrogen and oxygen atoms in total. The number of nitrogens with one attached hydrogen (secondary N) is 1. The molecule has 0 bridgehead atoms. The van der Waals surface area contributed by atoms with Crippen molar-refractivity contribution in [3.63, 3.8) is 0 Å². The summed E-state index contributed by atoms with van der Waals surface area (Å²) in [6.07, 6.45) is 0.650. The van der Waals surface area contributed by atoms with E-state index in [9.17, 15) is 10.1 Å². The number of anilines is 1. The fraction of sp³-hybridized carbons (Fsp3) is 0.429. The fourth-order valence-corrected chi connectivity index (χ4v) is 4.03. The average molecular weight is 474 g/mol. The van der Waals surface area contributed by atoms with E-state index in [0.29, 0.717) is 41.8 Å². The summed E-state index contributed by atoms with van der Waals surface area (Å²) in [6.45, 7) is 10.5. The summed E-state index contributed by atoms with van der Waals surface area (Å²) < 4.78 is 5.19. The Kier molecular flexibility index (Phi) is 9.02. The summed E-state index contributed by atoms with van der Waals surface area (Å²) in [5, 5.41) is 13.0. The van der Waals surface area contributed by atoms with Gasteiger partial charge in [-0.25, -0.2) is 9.97 Å². The molecule has 0 spiro atoms. The molecule has 0 aliphatic rings. The minimum Gasteiger partial charge on any atom is -0.497 e. The van der Waals surface area contributed by atoms with Crippen molar-refractivity contribution >= 4 is 22.8 Å². The van der Waals surface area contributed by atoms with Crippen LogP contribution in [0.25, 0.3) is 11.0 Å². The Hall–Kier alpha value is -3.66. The summed E-state index contributed by atoms with van der Waals surface area (Å²) in [4.78, 5) is 25.0. The lowest BCUT2D eigenvalue weighted by Gasteiger charge is -2.29. The van der Waals surface area contributed by atoms with Gasteiger partial charge in [-0.15, -0.1) is 0 Å². The maximum Gasteiger partial charge on any atom is 0.243 e. The summed E-state index contributed by atoms with van der Waals surface area (Å²) in [5.41, 5.74) is 2.91. The van der Waals surface area contributed by atoms with Crippen LogP contribution in [0.1, 0.15) is 44.9 Å². The normalized spacial score (nSPS) is 11.9. The Balaban J connectivity index is 1.89. The molecule has 184 valence electrons. The minimum atomic E-state index is -1.06. The Labute approximate surface area is 208 Å². The van der Waals surface area contributed by atoms with Gasteiger partial charge in [0.05, 0.1) is 24.2 Å². The number of hydrogen-bond donors (Lipinski definition) is 1. The van der Waals surface area contributed by atoms with E-state index in [4.69, 9.17) is 14.7 Å². The van der Waals surface area contributed by atoms with Crippen LogP contribution < -0.4 is 15.0 Å². The standard InChI is InChI=1S/C28H35N5O2/c1-19(2)17-33(18-20(3)4)27-26(31-24-8-6-7-9-25(24)32-27)23(16-29)28(34)30-15-14-21-10-12-22(35-5)13-11-21/h6-13,19-20,23H,14-15,17-18H2,1-5H3,(H,30,34). The van der Waals surface area contributed by atoms with Crippen LogP contribution in [0.2, 0.25) is 0 Å². The molecule has 2 aromatic carbocycles. The lowest BCUT2D eigenvalue weighted by molar-refractivity contribution is -0.121. The lowest BCUT2D eigenvalue weighted by atomic mass is 10.0. The smallest absolute Gasteiger partial charge is 0.243 e. The molecule has 7 heteroatoms. The van der Waals surface area contributed by atoms with Crippen molar-refractivity contribution in [1.82, 2.24) is 15.3 Å². The van der Waals surface area contributed by atoms with E-state index in [1.54, 1.807) is 7.11 Å². The van der Waals surface area contributed by atoms with E-state index in [-0.39, 0.29) is 5.91 Å². The van der Waals surface area contributed by atoms with Crippen LogP contribution in [0.3, 0.4) is 0 Å². The summed E-state index contributed by atoms with van der Waals surface area (Å²) in [6, 6.07) is 17.5. The van der Waals surface area contributed by atoms with E-state index < -0.39 is 5.92 Å². The third-order valence-corrected chi connectivity index (χ3v) is 5.59. The lowest BCUT2D eigenvalue weighted by Crippen LogP contribution is -2.36. The zero-order chi connectivity index (χ0) is 25.4. The van der Waals surface area contributed by atoms with E-state index in [1.165, 1.54) is 0 Å². The van der Waals surface area contributed by atoms with Crippen LogP contribution in [-0.4, -0.2) is 42.6 Å². The summed E-state index contributed by atoms with van der Waals surface area (Å²) in [7, 11) is 1.63. The second kappa shape index (κ2) is 12.2. The number of hydrogen-bond acceptors (Lipinski definition) is 6. The van der Waals surface area contributed by atoms with Gasteiger partial charge in [0.15, 0.2) is 11.7 Å². The number of carbonyl (C=O) groups is 1. The maximum absolute atomic E-state index is 13.2. The second-order valence-corrected chi connectivity index (χ2v) is 9.57. The van der Waals surface area contributed by atoms with Crippen molar-refractivity contribution in [2.24, 2.45) is 11.8 Å². The van der Waals surface area contributed by atoms with Gasteiger partial charge in [0.2, 0.25) is 5.91 Å². The fourth-order valence-electron chi connectivity index (χ4n) is 4.03. The Morgan fingerprint density at radius 1 is 1.00 bits per heavy atom. The maximum atomic E-state index is 13.2. The van der Waals surface area contributed by atoms with Gasteiger partial charge in [-0.05, 0) is 48.1 Å². The highest BCUT2D eigenvalue weighted by molar-refractivity contribution is 5.88. The molecule has 1 N–H and O–H groups in total. The van der Waals surface area contributed by atoms with E-state index >= 15 is 0 Å². The zero-order valence-electron chi connectivity index (χ0n) is 21.3. The van der Waals surface area contributed by atoms with E-state index in [2.05, 4.69) is 44.0 Å². The number of para-hydroxylation sites is 2. The number of amides is 1. The third-order valence-electron chi connectivity index (χ3n) is 5.59. The molecule has 0 fully saturated rings. The molecule has 1 atom stereocenters. The predicted molar refractivity (Wildman–Crippen MR) is 139 cm³/mol. The van der Waals surface area contributed by atoms with Crippen LogP contribution in [0.4, 0.5) is 5.82 Å². The van der Waals surface area contributed by atoms with Gasteiger partial charge in [0.25, 0.3) is 0 Å². The number of aromatic nitrogens is 2. The topological polar surface area (TPSA) is 91.1 Å². The van der Waals surface area contributed by atoms with Crippen molar-refractivity contribution in [2.45, 2.75) is 40.0 Å². The SMILES string of the molecule is COc1ccc(CCNC(=O)C(C#N)c2nc3ccccc3nc2N(CC(C)C)CC(C)C)cc1. The number of fused-ring (bicyclic) bond motifs is 1. The van der Waals surface area contributed by atoms with Gasteiger partial charge in [0.1, 0.15) is 11.4 Å². The Morgan fingerprint density at radius 3 is 2.14 bits per heavy atom. The quantitative estimate of drug-likeness (QED) is 0.433. The first-order chi connectivity index (χ1) is 16.8. The molecule has 0 radical (unpaired) electrons. The van der Waals surface area contributed by atoms with Crippen molar-refractivity contribution in [2.75, 3.05) is 31.6 Å². The largest absolute Gasteiger partial charge is 0.497 e. The molecule has 0 aliphatic carbocycles. The molecule has 3 rings (SSSR count). The van der Waals surface area contributed by atoms with Gasteiger partial charge >= 0.3 is 0 Å².